The zero-order valence-electron chi connectivity index (χ0n) is 9.36. The maximum absolute atomic E-state index is 7.00. The summed E-state index contributed by atoms with van der Waals surface area (Å²) in [6.45, 7) is 15.8. The Hall–Kier alpha value is -0.300. The van der Waals surface area contributed by atoms with Crippen LogP contribution in [-0.4, -0.2) is 12.2 Å². The average molecular weight is 162 g/mol. The quantitative estimate of drug-likeness (QED) is 0.539. The first kappa shape index (κ1) is 22.4. The molecule has 0 amide bonds. The Bertz CT molecular complexity index is 36.1. The van der Waals surface area contributed by atoms with Gasteiger partial charge < -0.3 is 5.11 Å². The minimum atomic E-state index is 1.00. The van der Waals surface area contributed by atoms with Gasteiger partial charge in [-0.1, -0.05) is 39.7 Å². The molecule has 0 aliphatic heterocycles. The number of hydrogen-bond acceptors (Lipinski definition) is 1. The van der Waals surface area contributed by atoms with Crippen LogP contribution in [-0.2, 0) is 0 Å². The Labute approximate surface area is 73.1 Å². The number of allylic oxidation sites excluding steroid dienone is 1. The van der Waals surface area contributed by atoms with Crippen LogP contribution in [0.4, 0.5) is 0 Å². The zero-order valence-corrected chi connectivity index (χ0v) is 9.36. The molecule has 0 bridgehead atoms. The molecule has 0 rings (SSSR count). The molecule has 72 valence electrons. The molecule has 0 unspecified atom stereocenters. The summed E-state index contributed by atoms with van der Waals surface area (Å²) in [4.78, 5) is 0. The van der Waals surface area contributed by atoms with E-state index >= 15 is 0 Å². The van der Waals surface area contributed by atoms with Gasteiger partial charge in [0.15, 0.2) is 0 Å². The van der Waals surface area contributed by atoms with Crippen LogP contribution in [0.3, 0.4) is 0 Å². The predicted molar refractivity (Wildman–Crippen MR) is 55.9 cm³/mol. The van der Waals surface area contributed by atoms with Gasteiger partial charge in [-0.15, -0.1) is 6.58 Å². The lowest BCUT2D eigenvalue weighted by Gasteiger charge is -1.65. The van der Waals surface area contributed by atoms with Crippen molar-refractivity contribution in [3.63, 3.8) is 0 Å². The largest absolute Gasteiger partial charge is 0.400 e. The predicted octanol–water partition coefficient (Wildman–Crippen LogP) is 3.63. The lowest BCUT2D eigenvalue weighted by atomic mass is 10.4. The average Bonchev–Trinajstić information content (AvgIpc) is 1.96. The molecular formula is C10H26O. The molecule has 1 N–H and O–H groups in total. The van der Waals surface area contributed by atoms with E-state index in [4.69, 9.17) is 5.11 Å². The topological polar surface area (TPSA) is 20.2 Å². The summed E-state index contributed by atoms with van der Waals surface area (Å²) in [7, 11) is 1.00. The van der Waals surface area contributed by atoms with E-state index in [9.17, 15) is 0 Å². The van der Waals surface area contributed by atoms with Crippen LogP contribution in [0.2, 0.25) is 0 Å². The van der Waals surface area contributed by atoms with Gasteiger partial charge in [-0.05, 0) is 13.8 Å². The van der Waals surface area contributed by atoms with E-state index in [-0.39, 0.29) is 0 Å². The SMILES string of the molecule is C=C(C)C.CC.CCC.CO. The number of rotatable bonds is 0. The Morgan fingerprint density at radius 2 is 1.09 bits per heavy atom. The summed E-state index contributed by atoms with van der Waals surface area (Å²) in [6.07, 6.45) is 1.25. The molecule has 0 spiro atoms. The molecule has 1 nitrogen and oxygen atoms in total. The minimum absolute atomic E-state index is 1.00. The van der Waals surface area contributed by atoms with Crippen LogP contribution >= 0.6 is 0 Å². The summed E-state index contributed by atoms with van der Waals surface area (Å²) in [5.41, 5.74) is 1.17. The molecule has 0 heterocycles. The third kappa shape index (κ3) is 6390. The minimum Gasteiger partial charge on any atom is -0.400 e. The van der Waals surface area contributed by atoms with E-state index in [1.807, 2.05) is 27.7 Å². The van der Waals surface area contributed by atoms with Crippen molar-refractivity contribution in [1.82, 2.24) is 0 Å². The van der Waals surface area contributed by atoms with Crippen LogP contribution in [0.15, 0.2) is 12.2 Å². The van der Waals surface area contributed by atoms with Crippen molar-refractivity contribution in [2.45, 2.75) is 48.0 Å². The molecule has 0 radical (unpaired) electrons. The highest BCUT2D eigenvalue weighted by Crippen LogP contribution is 1.73. The van der Waals surface area contributed by atoms with Crippen LogP contribution in [0.25, 0.3) is 0 Å². The Morgan fingerprint density at radius 1 is 1.09 bits per heavy atom. The number of aliphatic hydroxyl groups is 1. The van der Waals surface area contributed by atoms with Crippen molar-refractivity contribution in [3.8, 4) is 0 Å². The van der Waals surface area contributed by atoms with Gasteiger partial charge in [-0.3, -0.25) is 0 Å². The van der Waals surface area contributed by atoms with Crippen LogP contribution in [0.1, 0.15) is 48.0 Å². The van der Waals surface area contributed by atoms with E-state index in [0.717, 1.165) is 7.11 Å². The molecule has 11 heavy (non-hydrogen) atoms. The van der Waals surface area contributed by atoms with E-state index < -0.39 is 0 Å². The molecule has 0 aliphatic rings. The van der Waals surface area contributed by atoms with Crippen molar-refractivity contribution >= 4 is 0 Å². The van der Waals surface area contributed by atoms with Gasteiger partial charge in [0.2, 0.25) is 0 Å². The van der Waals surface area contributed by atoms with E-state index in [1.165, 1.54) is 12.0 Å². The third-order valence-corrected chi connectivity index (χ3v) is 0. The molecule has 0 aromatic carbocycles. The summed E-state index contributed by atoms with van der Waals surface area (Å²) in [6, 6.07) is 0. The normalized spacial score (nSPS) is 5.09. The van der Waals surface area contributed by atoms with Crippen molar-refractivity contribution in [1.29, 1.82) is 0 Å². The third-order valence-electron chi connectivity index (χ3n) is 0. The highest BCUT2D eigenvalue weighted by Gasteiger charge is 1.51. The van der Waals surface area contributed by atoms with Crippen molar-refractivity contribution in [3.05, 3.63) is 12.2 Å². The van der Waals surface area contributed by atoms with E-state index in [2.05, 4.69) is 20.4 Å². The van der Waals surface area contributed by atoms with Crippen molar-refractivity contribution < 1.29 is 5.11 Å². The molecule has 0 fully saturated rings. The molecule has 0 saturated carbocycles. The van der Waals surface area contributed by atoms with Crippen LogP contribution < -0.4 is 0 Å². The highest BCUT2D eigenvalue weighted by atomic mass is 16.2. The van der Waals surface area contributed by atoms with Gasteiger partial charge in [-0.25, -0.2) is 0 Å². The zero-order chi connectivity index (χ0) is 10.3. The Morgan fingerprint density at radius 3 is 1.09 bits per heavy atom. The van der Waals surface area contributed by atoms with E-state index in [1.54, 1.807) is 0 Å². The second kappa shape index (κ2) is 53.6. The monoisotopic (exact) mass is 162 g/mol. The van der Waals surface area contributed by atoms with Crippen molar-refractivity contribution in [2.75, 3.05) is 7.11 Å². The van der Waals surface area contributed by atoms with Gasteiger partial charge >= 0.3 is 0 Å². The van der Waals surface area contributed by atoms with Crippen molar-refractivity contribution in [2.24, 2.45) is 0 Å². The van der Waals surface area contributed by atoms with Gasteiger partial charge in [0.25, 0.3) is 0 Å². The van der Waals surface area contributed by atoms with Crippen LogP contribution in [0, 0.1) is 0 Å². The maximum atomic E-state index is 7.00. The summed E-state index contributed by atoms with van der Waals surface area (Å²) >= 11 is 0. The Kier molecular flexibility index (Phi) is 109. The summed E-state index contributed by atoms with van der Waals surface area (Å²) in [5, 5.41) is 7.00. The summed E-state index contributed by atoms with van der Waals surface area (Å²) in [5.74, 6) is 0. The summed E-state index contributed by atoms with van der Waals surface area (Å²) < 4.78 is 0. The Balaban J connectivity index is -0.0000000315. The van der Waals surface area contributed by atoms with Gasteiger partial charge in [0, 0.05) is 7.11 Å². The number of hydrogen-bond donors (Lipinski definition) is 1. The standard InChI is InChI=1S/C4H8.C3H8.C2H6.CH4O/c1-4(2)3;1-3-2;2*1-2/h1H2,2-3H3;3H2,1-2H3;1-2H3;2H,1H3. The first-order chi connectivity index (χ1) is 5.15. The van der Waals surface area contributed by atoms with Gasteiger partial charge in [0.05, 0.1) is 0 Å². The molecule has 0 aromatic rings. The fraction of sp³-hybridized carbons (Fsp3) is 0.800. The smallest absolute Gasteiger partial charge is 0.0319 e. The molecule has 1 heteroatoms. The number of aliphatic hydroxyl groups excluding tert-OH is 1. The molecule has 0 atom stereocenters. The fourth-order valence-corrected chi connectivity index (χ4v) is 0. The highest BCUT2D eigenvalue weighted by molar-refractivity contribution is 4.78. The lowest BCUT2D eigenvalue weighted by molar-refractivity contribution is 0.399. The first-order valence-corrected chi connectivity index (χ1v) is 4.21. The van der Waals surface area contributed by atoms with Crippen LogP contribution in [0.5, 0.6) is 0 Å². The van der Waals surface area contributed by atoms with E-state index in [0.29, 0.717) is 0 Å². The van der Waals surface area contributed by atoms with Gasteiger partial charge in [-0.2, -0.15) is 0 Å². The maximum Gasteiger partial charge on any atom is 0.0319 e. The molecule has 0 aromatic heterocycles. The lowest BCUT2D eigenvalue weighted by Crippen LogP contribution is -1.43. The molecule has 0 aliphatic carbocycles. The van der Waals surface area contributed by atoms with Gasteiger partial charge in [0.1, 0.15) is 0 Å². The second-order valence-corrected chi connectivity index (χ2v) is 1.91. The second-order valence-electron chi connectivity index (χ2n) is 1.91. The molecular weight excluding hydrogens is 136 g/mol. The molecule has 0 saturated heterocycles. The fourth-order valence-electron chi connectivity index (χ4n) is 0. The first-order valence-electron chi connectivity index (χ1n) is 4.21.